The molecule has 1 fully saturated rings. The SMILES string of the molecule is CC(F)(F)C1CCN(C(=O)c2cnc(C#Cc3ccccc3)s2)CC1. The molecule has 1 aliphatic heterocycles. The molecule has 1 aliphatic rings. The predicted molar refractivity (Wildman–Crippen MR) is 93.8 cm³/mol. The monoisotopic (exact) mass is 360 g/mol. The van der Waals surface area contributed by atoms with Gasteiger partial charge >= 0.3 is 0 Å². The minimum absolute atomic E-state index is 0.150. The Morgan fingerprint density at radius 3 is 2.56 bits per heavy atom. The lowest BCUT2D eigenvalue weighted by molar-refractivity contribution is -0.0594. The smallest absolute Gasteiger partial charge is 0.265 e. The molecule has 1 amide bonds. The van der Waals surface area contributed by atoms with Crippen molar-refractivity contribution in [3.63, 3.8) is 0 Å². The summed E-state index contributed by atoms with van der Waals surface area (Å²) < 4.78 is 26.7. The molecule has 0 spiro atoms. The van der Waals surface area contributed by atoms with Crippen LogP contribution in [0.25, 0.3) is 0 Å². The van der Waals surface area contributed by atoms with Gasteiger partial charge in [0.15, 0.2) is 5.01 Å². The molecule has 0 saturated carbocycles. The van der Waals surface area contributed by atoms with Crippen LogP contribution in [0.1, 0.15) is 40.0 Å². The summed E-state index contributed by atoms with van der Waals surface area (Å²) in [4.78, 5) is 18.8. The van der Waals surface area contributed by atoms with E-state index in [0.29, 0.717) is 35.8 Å². The number of piperidine rings is 1. The summed E-state index contributed by atoms with van der Waals surface area (Å²) in [6, 6.07) is 9.54. The number of carbonyl (C=O) groups is 1. The first-order chi connectivity index (χ1) is 11.9. The maximum Gasteiger partial charge on any atom is 0.265 e. The summed E-state index contributed by atoms with van der Waals surface area (Å²) >= 11 is 1.24. The van der Waals surface area contributed by atoms with Crippen molar-refractivity contribution >= 4 is 17.2 Å². The molecule has 1 aromatic heterocycles. The van der Waals surface area contributed by atoms with Crippen LogP contribution in [0.15, 0.2) is 36.5 Å². The Hall–Kier alpha value is -2.26. The number of alkyl halides is 2. The highest BCUT2D eigenvalue weighted by molar-refractivity contribution is 7.14. The lowest BCUT2D eigenvalue weighted by atomic mass is 9.91. The van der Waals surface area contributed by atoms with E-state index >= 15 is 0 Å². The van der Waals surface area contributed by atoms with E-state index in [9.17, 15) is 13.6 Å². The van der Waals surface area contributed by atoms with Gasteiger partial charge in [0.1, 0.15) is 4.88 Å². The second-order valence-electron chi connectivity index (χ2n) is 6.17. The van der Waals surface area contributed by atoms with Crippen molar-refractivity contribution < 1.29 is 13.6 Å². The molecule has 3 nitrogen and oxygen atoms in total. The number of halogens is 2. The predicted octanol–water partition coefficient (Wildman–Crippen LogP) is 4.05. The van der Waals surface area contributed by atoms with Crippen LogP contribution in [0, 0.1) is 17.8 Å². The van der Waals surface area contributed by atoms with Crippen LogP contribution in [-0.2, 0) is 0 Å². The average molecular weight is 360 g/mol. The number of carbonyl (C=O) groups excluding carboxylic acids is 1. The first kappa shape index (κ1) is 17.6. The molecular formula is C19H18F2N2OS. The number of benzene rings is 1. The molecule has 0 aliphatic carbocycles. The van der Waals surface area contributed by atoms with Crippen LogP contribution in [0.3, 0.4) is 0 Å². The number of rotatable bonds is 2. The Labute approximate surface area is 149 Å². The topological polar surface area (TPSA) is 33.2 Å². The zero-order chi connectivity index (χ0) is 17.9. The second kappa shape index (κ2) is 7.32. The fourth-order valence-electron chi connectivity index (χ4n) is 2.82. The normalized spacial score (nSPS) is 15.6. The number of hydrogen-bond donors (Lipinski definition) is 0. The number of nitrogens with zero attached hydrogens (tertiary/aromatic N) is 2. The molecule has 3 rings (SSSR count). The quantitative estimate of drug-likeness (QED) is 0.757. The molecular weight excluding hydrogens is 342 g/mol. The standard InChI is InChI=1S/C19H18F2N2OS/c1-19(20,21)15-9-11-23(12-10-15)18(24)16-13-22-17(25-16)8-7-14-5-3-2-4-6-14/h2-6,13,15H,9-12H2,1H3. The highest BCUT2D eigenvalue weighted by Gasteiger charge is 2.37. The van der Waals surface area contributed by atoms with Crippen molar-refractivity contribution in [3.8, 4) is 11.8 Å². The Morgan fingerprint density at radius 2 is 1.92 bits per heavy atom. The third-order valence-corrected chi connectivity index (χ3v) is 5.20. The fourth-order valence-corrected chi connectivity index (χ4v) is 3.56. The largest absolute Gasteiger partial charge is 0.338 e. The molecule has 0 atom stereocenters. The molecule has 2 heterocycles. The fraction of sp³-hybridized carbons (Fsp3) is 0.368. The average Bonchev–Trinajstić information content (AvgIpc) is 3.08. The third-order valence-electron chi connectivity index (χ3n) is 4.30. The molecule has 2 aromatic rings. The van der Waals surface area contributed by atoms with Gasteiger partial charge < -0.3 is 4.90 Å². The molecule has 0 radical (unpaired) electrons. The molecule has 0 N–H and O–H groups in total. The van der Waals surface area contributed by atoms with Crippen LogP contribution < -0.4 is 0 Å². The van der Waals surface area contributed by atoms with E-state index in [2.05, 4.69) is 16.8 Å². The number of aromatic nitrogens is 1. The summed E-state index contributed by atoms with van der Waals surface area (Å²) in [5, 5.41) is 0.571. The van der Waals surface area contributed by atoms with Crippen LogP contribution in [0.5, 0.6) is 0 Å². The van der Waals surface area contributed by atoms with Gasteiger partial charge in [-0.2, -0.15) is 0 Å². The lowest BCUT2D eigenvalue weighted by Gasteiger charge is -2.34. The molecule has 25 heavy (non-hydrogen) atoms. The van der Waals surface area contributed by atoms with E-state index in [1.165, 1.54) is 17.5 Å². The van der Waals surface area contributed by atoms with Gasteiger partial charge in [0.25, 0.3) is 5.91 Å². The van der Waals surface area contributed by atoms with Gasteiger partial charge in [-0.05, 0) is 37.8 Å². The first-order valence-corrected chi connectivity index (χ1v) is 8.95. The Bertz CT molecular complexity index is 794. The van der Waals surface area contributed by atoms with Crippen molar-refractivity contribution in [2.45, 2.75) is 25.7 Å². The number of hydrogen-bond acceptors (Lipinski definition) is 3. The van der Waals surface area contributed by atoms with Crippen LogP contribution in [-0.4, -0.2) is 34.8 Å². The van der Waals surface area contributed by atoms with Gasteiger partial charge in [-0.3, -0.25) is 4.79 Å². The molecule has 1 saturated heterocycles. The summed E-state index contributed by atoms with van der Waals surface area (Å²) in [6.45, 7) is 1.67. The van der Waals surface area contributed by atoms with Gasteiger partial charge in [-0.25, -0.2) is 13.8 Å². The Morgan fingerprint density at radius 1 is 1.24 bits per heavy atom. The highest BCUT2D eigenvalue weighted by Crippen LogP contribution is 2.33. The van der Waals surface area contributed by atoms with E-state index in [1.807, 2.05) is 30.3 Å². The first-order valence-electron chi connectivity index (χ1n) is 8.13. The van der Waals surface area contributed by atoms with Crippen LogP contribution in [0.4, 0.5) is 8.78 Å². The molecule has 6 heteroatoms. The van der Waals surface area contributed by atoms with Gasteiger partial charge in [-0.15, -0.1) is 11.3 Å². The maximum atomic E-state index is 13.4. The van der Waals surface area contributed by atoms with Crippen LogP contribution >= 0.6 is 11.3 Å². The van der Waals surface area contributed by atoms with Crippen molar-refractivity contribution in [1.82, 2.24) is 9.88 Å². The van der Waals surface area contributed by atoms with Crippen molar-refractivity contribution in [2.24, 2.45) is 5.92 Å². The van der Waals surface area contributed by atoms with E-state index in [1.54, 1.807) is 4.90 Å². The van der Waals surface area contributed by atoms with E-state index in [4.69, 9.17) is 0 Å². The third kappa shape index (κ3) is 4.43. The van der Waals surface area contributed by atoms with Crippen molar-refractivity contribution in [1.29, 1.82) is 0 Å². The molecule has 1 aromatic carbocycles. The van der Waals surface area contributed by atoms with Gasteiger partial charge in [-0.1, -0.05) is 24.1 Å². The minimum Gasteiger partial charge on any atom is -0.338 e. The zero-order valence-electron chi connectivity index (χ0n) is 13.8. The highest BCUT2D eigenvalue weighted by atomic mass is 32.1. The maximum absolute atomic E-state index is 13.4. The number of amides is 1. The molecule has 0 bridgehead atoms. The summed E-state index contributed by atoms with van der Waals surface area (Å²) in [7, 11) is 0. The number of thiazole rings is 1. The Kier molecular flexibility index (Phi) is 5.14. The van der Waals surface area contributed by atoms with E-state index in [0.717, 1.165) is 12.5 Å². The van der Waals surface area contributed by atoms with E-state index in [-0.39, 0.29) is 5.91 Å². The summed E-state index contributed by atoms with van der Waals surface area (Å²) in [6.07, 6.45) is 2.17. The van der Waals surface area contributed by atoms with Crippen molar-refractivity contribution in [2.75, 3.05) is 13.1 Å². The van der Waals surface area contributed by atoms with E-state index < -0.39 is 11.8 Å². The minimum atomic E-state index is -2.68. The van der Waals surface area contributed by atoms with Crippen molar-refractivity contribution in [3.05, 3.63) is 52.0 Å². The second-order valence-corrected chi connectivity index (χ2v) is 7.20. The summed E-state index contributed by atoms with van der Waals surface area (Å²) in [5.74, 6) is 2.48. The van der Waals surface area contributed by atoms with Gasteiger partial charge in [0.05, 0.1) is 6.20 Å². The van der Waals surface area contributed by atoms with Gasteiger partial charge in [0, 0.05) is 24.6 Å². The molecule has 130 valence electrons. The molecule has 0 unspecified atom stereocenters. The Balaban J connectivity index is 1.63. The van der Waals surface area contributed by atoms with Gasteiger partial charge in [0.2, 0.25) is 5.92 Å². The number of likely N-dealkylation sites (tertiary alicyclic amines) is 1. The zero-order valence-corrected chi connectivity index (χ0v) is 14.7. The lowest BCUT2D eigenvalue weighted by Crippen LogP contribution is -2.42. The van der Waals surface area contributed by atoms with Crippen LogP contribution in [0.2, 0.25) is 0 Å². The summed E-state index contributed by atoms with van der Waals surface area (Å²) in [5.41, 5.74) is 0.883.